The van der Waals surface area contributed by atoms with Gasteiger partial charge in [-0.3, -0.25) is 0 Å². The standard InChI is InChI=1S/C11H23NO/c1-3-5-7-11(6-4-2)10-12-8-9-13-11/h12H,3-10H2,1-2H3. The third kappa shape index (κ3) is 3.28. The molecule has 1 rings (SSSR count). The van der Waals surface area contributed by atoms with E-state index in [2.05, 4.69) is 19.2 Å². The molecule has 0 bridgehead atoms. The van der Waals surface area contributed by atoms with Gasteiger partial charge in [-0.05, 0) is 12.8 Å². The van der Waals surface area contributed by atoms with Gasteiger partial charge in [-0.25, -0.2) is 0 Å². The van der Waals surface area contributed by atoms with Crippen molar-refractivity contribution in [3.8, 4) is 0 Å². The van der Waals surface area contributed by atoms with Crippen LogP contribution in [0, 0.1) is 0 Å². The number of rotatable bonds is 5. The quantitative estimate of drug-likeness (QED) is 0.710. The van der Waals surface area contributed by atoms with Crippen LogP contribution in [-0.2, 0) is 4.74 Å². The van der Waals surface area contributed by atoms with Crippen molar-refractivity contribution in [3.63, 3.8) is 0 Å². The largest absolute Gasteiger partial charge is 0.372 e. The molecular formula is C11H23NO. The van der Waals surface area contributed by atoms with E-state index in [9.17, 15) is 0 Å². The van der Waals surface area contributed by atoms with Crippen LogP contribution in [0.1, 0.15) is 46.0 Å². The van der Waals surface area contributed by atoms with E-state index in [0.717, 1.165) is 19.7 Å². The lowest BCUT2D eigenvalue weighted by molar-refractivity contribution is -0.0779. The van der Waals surface area contributed by atoms with Gasteiger partial charge in [0.25, 0.3) is 0 Å². The number of morpholine rings is 1. The zero-order valence-electron chi connectivity index (χ0n) is 9.07. The van der Waals surface area contributed by atoms with Crippen molar-refractivity contribution < 1.29 is 4.74 Å². The van der Waals surface area contributed by atoms with Gasteiger partial charge < -0.3 is 10.1 Å². The maximum Gasteiger partial charge on any atom is 0.0806 e. The number of unbranched alkanes of at least 4 members (excludes halogenated alkanes) is 1. The van der Waals surface area contributed by atoms with E-state index in [-0.39, 0.29) is 5.60 Å². The summed E-state index contributed by atoms with van der Waals surface area (Å²) < 4.78 is 5.95. The van der Waals surface area contributed by atoms with Gasteiger partial charge in [0.1, 0.15) is 0 Å². The van der Waals surface area contributed by atoms with Crippen LogP contribution >= 0.6 is 0 Å². The van der Waals surface area contributed by atoms with E-state index in [0.29, 0.717) is 0 Å². The van der Waals surface area contributed by atoms with E-state index in [1.165, 1.54) is 32.1 Å². The third-order valence-electron chi connectivity index (χ3n) is 2.83. The van der Waals surface area contributed by atoms with Gasteiger partial charge in [0.2, 0.25) is 0 Å². The monoisotopic (exact) mass is 185 g/mol. The van der Waals surface area contributed by atoms with E-state index in [1.54, 1.807) is 0 Å². The summed E-state index contributed by atoms with van der Waals surface area (Å²) in [6.45, 7) is 7.46. The Morgan fingerprint density at radius 3 is 2.62 bits per heavy atom. The van der Waals surface area contributed by atoms with E-state index < -0.39 is 0 Å². The Morgan fingerprint density at radius 1 is 1.23 bits per heavy atom. The lowest BCUT2D eigenvalue weighted by Gasteiger charge is -2.38. The fraction of sp³-hybridized carbons (Fsp3) is 1.00. The Balaban J connectivity index is 2.40. The predicted molar refractivity (Wildman–Crippen MR) is 56.0 cm³/mol. The molecule has 1 fully saturated rings. The van der Waals surface area contributed by atoms with E-state index >= 15 is 0 Å². The van der Waals surface area contributed by atoms with Crippen molar-refractivity contribution in [2.75, 3.05) is 19.7 Å². The smallest absolute Gasteiger partial charge is 0.0806 e. The molecule has 1 aliphatic heterocycles. The Labute approximate surface area is 82.0 Å². The number of hydrogen-bond donors (Lipinski definition) is 1. The highest BCUT2D eigenvalue weighted by atomic mass is 16.5. The van der Waals surface area contributed by atoms with Gasteiger partial charge in [-0.1, -0.05) is 33.1 Å². The topological polar surface area (TPSA) is 21.3 Å². The fourth-order valence-electron chi connectivity index (χ4n) is 2.11. The SMILES string of the molecule is CCCCC1(CCC)CNCCO1. The van der Waals surface area contributed by atoms with Crippen LogP contribution < -0.4 is 5.32 Å². The molecule has 0 spiro atoms. The maximum absolute atomic E-state index is 5.95. The highest BCUT2D eigenvalue weighted by Gasteiger charge is 2.31. The molecule has 0 aliphatic carbocycles. The molecule has 2 nitrogen and oxygen atoms in total. The molecule has 0 radical (unpaired) electrons. The van der Waals surface area contributed by atoms with Crippen molar-refractivity contribution in [2.24, 2.45) is 0 Å². The molecule has 78 valence electrons. The van der Waals surface area contributed by atoms with Gasteiger partial charge in [0.05, 0.1) is 12.2 Å². The lowest BCUT2D eigenvalue weighted by Crippen LogP contribution is -2.49. The molecule has 0 aromatic heterocycles. The Bertz CT molecular complexity index is 125. The van der Waals surface area contributed by atoms with Crippen molar-refractivity contribution in [1.29, 1.82) is 0 Å². The molecule has 0 aromatic rings. The van der Waals surface area contributed by atoms with Crippen molar-refractivity contribution in [2.45, 2.75) is 51.6 Å². The minimum atomic E-state index is 0.170. The van der Waals surface area contributed by atoms with Crippen LogP contribution in [0.15, 0.2) is 0 Å². The molecule has 1 atom stereocenters. The van der Waals surface area contributed by atoms with Gasteiger partial charge >= 0.3 is 0 Å². The number of nitrogens with one attached hydrogen (secondary N) is 1. The highest BCUT2D eigenvalue weighted by Crippen LogP contribution is 2.26. The van der Waals surface area contributed by atoms with Gasteiger partial charge in [0.15, 0.2) is 0 Å². The van der Waals surface area contributed by atoms with Gasteiger partial charge in [0, 0.05) is 13.1 Å². The van der Waals surface area contributed by atoms with Crippen molar-refractivity contribution in [1.82, 2.24) is 5.32 Å². The summed E-state index contributed by atoms with van der Waals surface area (Å²) in [4.78, 5) is 0. The molecule has 13 heavy (non-hydrogen) atoms. The molecule has 1 unspecified atom stereocenters. The Morgan fingerprint density at radius 2 is 2.08 bits per heavy atom. The second-order valence-electron chi connectivity index (χ2n) is 4.06. The Kier molecular flexibility index (Phi) is 4.74. The molecule has 2 heteroatoms. The predicted octanol–water partition coefficient (Wildman–Crippen LogP) is 2.34. The van der Waals surface area contributed by atoms with Crippen LogP contribution in [0.5, 0.6) is 0 Å². The molecular weight excluding hydrogens is 162 g/mol. The Hall–Kier alpha value is -0.0800. The van der Waals surface area contributed by atoms with Crippen molar-refractivity contribution in [3.05, 3.63) is 0 Å². The summed E-state index contributed by atoms with van der Waals surface area (Å²) in [6, 6.07) is 0. The average molecular weight is 185 g/mol. The van der Waals surface area contributed by atoms with Gasteiger partial charge in [-0.15, -0.1) is 0 Å². The second-order valence-corrected chi connectivity index (χ2v) is 4.06. The molecule has 0 aromatic carbocycles. The zero-order valence-corrected chi connectivity index (χ0v) is 9.07. The maximum atomic E-state index is 5.95. The van der Waals surface area contributed by atoms with Crippen LogP contribution in [0.2, 0.25) is 0 Å². The van der Waals surface area contributed by atoms with Crippen LogP contribution in [-0.4, -0.2) is 25.3 Å². The molecule has 1 aliphatic rings. The normalized spacial score (nSPS) is 29.1. The summed E-state index contributed by atoms with van der Waals surface area (Å²) in [5.41, 5.74) is 0.170. The molecule has 0 amide bonds. The van der Waals surface area contributed by atoms with Crippen molar-refractivity contribution >= 4 is 0 Å². The zero-order chi connectivity index (χ0) is 9.57. The van der Waals surface area contributed by atoms with Crippen LogP contribution in [0.25, 0.3) is 0 Å². The second kappa shape index (κ2) is 5.61. The summed E-state index contributed by atoms with van der Waals surface area (Å²) in [5.74, 6) is 0. The molecule has 1 heterocycles. The van der Waals surface area contributed by atoms with E-state index in [4.69, 9.17) is 4.74 Å². The van der Waals surface area contributed by atoms with Crippen LogP contribution in [0.3, 0.4) is 0 Å². The summed E-state index contributed by atoms with van der Waals surface area (Å²) in [6.07, 6.45) is 6.23. The van der Waals surface area contributed by atoms with Gasteiger partial charge in [-0.2, -0.15) is 0 Å². The summed E-state index contributed by atoms with van der Waals surface area (Å²) in [5, 5.41) is 3.44. The number of ether oxygens (including phenoxy) is 1. The fourth-order valence-corrected chi connectivity index (χ4v) is 2.11. The summed E-state index contributed by atoms with van der Waals surface area (Å²) >= 11 is 0. The first-order valence-electron chi connectivity index (χ1n) is 5.67. The minimum Gasteiger partial charge on any atom is -0.372 e. The lowest BCUT2D eigenvalue weighted by atomic mass is 9.90. The summed E-state index contributed by atoms with van der Waals surface area (Å²) in [7, 11) is 0. The molecule has 1 N–H and O–H groups in total. The van der Waals surface area contributed by atoms with Crippen LogP contribution in [0.4, 0.5) is 0 Å². The first-order chi connectivity index (χ1) is 6.33. The average Bonchev–Trinajstić information content (AvgIpc) is 2.17. The van der Waals surface area contributed by atoms with E-state index in [1.807, 2.05) is 0 Å². The molecule has 0 saturated carbocycles. The minimum absolute atomic E-state index is 0.170. The number of hydrogen-bond acceptors (Lipinski definition) is 2. The first kappa shape index (κ1) is 11.0. The molecule has 1 saturated heterocycles. The third-order valence-corrected chi connectivity index (χ3v) is 2.83. The first-order valence-corrected chi connectivity index (χ1v) is 5.67. The highest BCUT2D eigenvalue weighted by molar-refractivity contribution is 4.85.